The van der Waals surface area contributed by atoms with Crippen LogP contribution >= 0.6 is 11.8 Å². The Morgan fingerprint density at radius 1 is 1.45 bits per heavy atom. The molecule has 1 N–H and O–H groups in total. The van der Waals surface area contributed by atoms with Crippen LogP contribution in [0, 0.1) is 0 Å². The fraction of sp³-hybridized carbons (Fsp3) is 0.667. The van der Waals surface area contributed by atoms with E-state index in [0.29, 0.717) is 13.1 Å². The summed E-state index contributed by atoms with van der Waals surface area (Å²) < 4.78 is 5.40. The van der Waals surface area contributed by atoms with Crippen molar-refractivity contribution in [3.8, 4) is 0 Å². The predicted molar refractivity (Wildman–Crippen MR) is 86.9 cm³/mol. The van der Waals surface area contributed by atoms with Crippen LogP contribution in [-0.2, 0) is 11.3 Å². The Bertz CT molecular complexity index is 519. The summed E-state index contributed by atoms with van der Waals surface area (Å²) in [6.45, 7) is 7.71. The number of hydrogen-bond donors (Lipinski definition) is 1. The summed E-state index contributed by atoms with van der Waals surface area (Å²) in [6.07, 6.45) is 6.09. The van der Waals surface area contributed by atoms with Gasteiger partial charge in [0.2, 0.25) is 0 Å². The Kier molecular flexibility index (Phi) is 5.63. The zero-order chi connectivity index (χ0) is 16.2. The molecule has 1 unspecified atom stereocenters. The molecule has 2 rings (SSSR count). The molecule has 22 heavy (non-hydrogen) atoms. The summed E-state index contributed by atoms with van der Waals surface area (Å²) in [6, 6.07) is 0.268. The standard InChI is InChI=1S/C15H24N4O2S/c1-15(2,3)21-14(20)19-8-5-11(10-19)18-9-12-13(22-4)17-7-6-16-12/h6-7,11,18H,5,8-10H2,1-4H3. The minimum atomic E-state index is -0.449. The molecule has 1 fully saturated rings. The van der Waals surface area contributed by atoms with E-state index < -0.39 is 5.60 Å². The van der Waals surface area contributed by atoms with Crippen molar-refractivity contribution in [2.24, 2.45) is 0 Å². The molecule has 1 saturated heterocycles. The molecular weight excluding hydrogens is 300 g/mol. The fourth-order valence-electron chi connectivity index (χ4n) is 2.31. The molecule has 0 saturated carbocycles. The molecule has 1 aliphatic rings. The molecule has 0 spiro atoms. The van der Waals surface area contributed by atoms with Crippen molar-refractivity contribution in [2.75, 3.05) is 19.3 Å². The van der Waals surface area contributed by atoms with Crippen molar-refractivity contribution in [2.45, 2.75) is 50.4 Å². The van der Waals surface area contributed by atoms with Crippen molar-refractivity contribution in [3.63, 3.8) is 0 Å². The minimum Gasteiger partial charge on any atom is -0.444 e. The van der Waals surface area contributed by atoms with E-state index in [4.69, 9.17) is 4.74 Å². The van der Waals surface area contributed by atoms with Crippen molar-refractivity contribution in [3.05, 3.63) is 18.1 Å². The normalized spacial score (nSPS) is 18.5. The second-order valence-electron chi connectivity index (χ2n) is 6.31. The van der Waals surface area contributed by atoms with Crippen LogP contribution in [0.1, 0.15) is 32.9 Å². The highest BCUT2D eigenvalue weighted by Crippen LogP contribution is 2.17. The smallest absolute Gasteiger partial charge is 0.410 e. The van der Waals surface area contributed by atoms with Gasteiger partial charge in [0.15, 0.2) is 0 Å². The summed E-state index contributed by atoms with van der Waals surface area (Å²) in [5.74, 6) is 0. The van der Waals surface area contributed by atoms with Gasteiger partial charge in [-0.2, -0.15) is 0 Å². The summed E-state index contributed by atoms with van der Waals surface area (Å²) in [5.41, 5.74) is 0.501. The second kappa shape index (κ2) is 7.28. The molecule has 1 aromatic rings. The maximum Gasteiger partial charge on any atom is 0.410 e. The molecule has 0 aromatic carbocycles. The summed E-state index contributed by atoms with van der Waals surface area (Å²) in [4.78, 5) is 22.5. The van der Waals surface area contributed by atoms with Gasteiger partial charge in [0.25, 0.3) is 0 Å². The fourth-order valence-corrected chi connectivity index (χ4v) is 2.83. The van der Waals surface area contributed by atoms with E-state index in [9.17, 15) is 4.79 Å². The van der Waals surface area contributed by atoms with Crippen LogP contribution in [0.4, 0.5) is 4.79 Å². The topological polar surface area (TPSA) is 67.4 Å². The van der Waals surface area contributed by atoms with Crippen LogP contribution in [-0.4, -0.2) is 51.9 Å². The van der Waals surface area contributed by atoms with Crippen LogP contribution in [0.15, 0.2) is 17.4 Å². The van der Waals surface area contributed by atoms with Gasteiger partial charge < -0.3 is 15.0 Å². The number of rotatable bonds is 4. The van der Waals surface area contributed by atoms with Gasteiger partial charge in [-0.3, -0.25) is 4.98 Å². The van der Waals surface area contributed by atoms with E-state index in [-0.39, 0.29) is 12.1 Å². The van der Waals surface area contributed by atoms with Crippen LogP contribution in [0.3, 0.4) is 0 Å². The van der Waals surface area contributed by atoms with Crippen molar-refractivity contribution < 1.29 is 9.53 Å². The number of carbonyl (C=O) groups excluding carboxylic acids is 1. The van der Waals surface area contributed by atoms with Gasteiger partial charge in [-0.15, -0.1) is 11.8 Å². The van der Waals surface area contributed by atoms with Crippen molar-refractivity contribution >= 4 is 17.9 Å². The molecular formula is C15H24N4O2S. The van der Waals surface area contributed by atoms with Crippen molar-refractivity contribution in [1.82, 2.24) is 20.2 Å². The Morgan fingerprint density at radius 2 is 2.18 bits per heavy atom. The first-order chi connectivity index (χ1) is 10.4. The minimum absolute atomic E-state index is 0.235. The van der Waals surface area contributed by atoms with Gasteiger partial charge in [0.05, 0.1) is 5.69 Å². The summed E-state index contributed by atoms with van der Waals surface area (Å²) >= 11 is 1.59. The lowest BCUT2D eigenvalue weighted by molar-refractivity contribution is 0.0291. The molecule has 0 radical (unpaired) electrons. The first-order valence-electron chi connectivity index (χ1n) is 7.44. The van der Waals surface area contributed by atoms with Gasteiger partial charge in [-0.25, -0.2) is 9.78 Å². The van der Waals surface area contributed by atoms with Gasteiger partial charge in [-0.05, 0) is 33.4 Å². The number of nitrogens with one attached hydrogen (secondary N) is 1. The highest BCUT2D eigenvalue weighted by Gasteiger charge is 2.29. The molecule has 1 aromatic heterocycles. The third-order valence-electron chi connectivity index (χ3n) is 3.33. The zero-order valence-corrected chi connectivity index (χ0v) is 14.4. The first-order valence-corrected chi connectivity index (χ1v) is 8.66. The predicted octanol–water partition coefficient (Wildman–Crippen LogP) is 2.30. The van der Waals surface area contributed by atoms with Gasteiger partial charge in [0.1, 0.15) is 10.6 Å². The third-order valence-corrected chi connectivity index (χ3v) is 4.05. The number of likely N-dealkylation sites (tertiary alicyclic amines) is 1. The largest absolute Gasteiger partial charge is 0.444 e. The number of nitrogens with zero attached hydrogens (tertiary/aromatic N) is 3. The number of amides is 1. The molecule has 122 valence electrons. The van der Waals surface area contributed by atoms with Gasteiger partial charge in [-0.1, -0.05) is 0 Å². The Labute approximate surface area is 136 Å². The maximum absolute atomic E-state index is 12.0. The molecule has 1 atom stereocenters. The van der Waals surface area contributed by atoms with E-state index in [2.05, 4.69) is 15.3 Å². The Morgan fingerprint density at radius 3 is 2.86 bits per heavy atom. The number of aromatic nitrogens is 2. The maximum atomic E-state index is 12.0. The molecule has 1 aliphatic heterocycles. The zero-order valence-electron chi connectivity index (χ0n) is 13.6. The molecule has 0 aliphatic carbocycles. The lowest BCUT2D eigenvalue weighted by Crippen LogP contribution is -2.38. The van der Waals surface area contributed by atoms with E-state index in [0.717, 1.165) is 23.7 Å². The highest BCUT2D eigenvalue weighted by atomic mass is 32.2. The number of hydrogen-bond acceptors (Lipinski definition) is 6. The second-order valence-corrected chi connectivity index (χ2v) is 7.10. The van der Waals surface area contributed by atoms with Crippen molar-refractivity contribution in [1.29, 1.82) is 0 Å². The van der Waals surface area contributed by atoms with E-state index in [1.165, 1.54) is 0 Å². The molecule has 6 nitrogen and oxygen atoms in total. The van der Waals surface area contributed by atoms with Gasteiger partial charge >= 0.3 is 6.09 Å². The Balaban J connectivity index is 1.83. The lowest BCUT2D eigenvalue weighted by Gasteiger charge is -2.24. The average molecular weight is 324 g/mol. The molecule has 1 amide bonds. The summed E-state index contributed by atoms with van der Waals surface area (Å²) in [5, 5.41) is 4.40. The number of thioether (sulfide) groups is 1. The average Bonchev–Trinajstić information content (AvgIpc) is 2.92. The van der Waals surface area contributed by atoms with Crippen LogP contribution < -0.4 is 5.32 Å². The highest BCUT2D eigenvalue weighted by molar-refractivity contribution is 7.98. The van der Waals surface area contributed by atoms with Crippen LogP contribution in [0.5, 0.6) is 0 Å². The SMILES string of the molecule is CSc1nccnc1CNC1CCN(C(=O)OC(C)(C)C)C1. The van der Waals surface area contributed by atoms with Crippen LogP contribution in [0.25, 0.3) is 0 Å². The van der Waals surface area contributed by atoms with Crippen LogP contribution in [0.2, 0.25) is 0 Å². The number of ether oxygens (including phenoxy) is 1. The molecule has 7 heteroatoms. The van der Waals surface area contributed by atoms with E-state index in [1.54, 1.807) is 29.1 Å². The molecule has 2 heterocycles. The van der Waals surface area contributed by atoms with E-state index in [1.807, 2.05) is 27.0 Å². The Hall–Kier alpha value is -1.34. The lowest BCUT2D eigenvalue weighted by atomic mass is 10.2. The molecule has 0 bridgehead atoms. The van der Waals surface area contributed by atoms with Gasteiger partial charge in [0, 0.05) is 38.1 Å². The summed E-state index contributed by atoms with van der Waals surface area (Å²) in [7, 11) is 0. The monoisotopic (exact) mass is 324 g/mol. The quantitative estimate of drug-likeness (QED) is 0.857. The number of carbonyl (C=O) groups is 1. The van der Waals surface area contributed by atoms with E-state index >= 15 is 0 Å². The third kappa shape index (κ3) is 4.84. The first kappa shape index (κ1) is 17.0.